The smallest absolute Gasteiger partial charge is 0.104 e. The zero-order valence-corrected chi connectivity index (χ0v) is 18.3. The molecule has 1 aliphatic heterocycles. The molecule has 1 aliphatic rings. The Morgan fingerprint density at radius 3 is 2.25 bits per heavy atom. The Balaban J connectivity index is 2.06. The summed E-state index contributed by atoms with van der Waals surface area (Å²) in [5.74, 6) is 1.53. The second-order valence-electron chi connectivity index (χ2n) is 8.76. The second kappa shape index (κ2) is 8.39. The Labute approximate surface area is 170 Å². The van der Waals surface area contributed by atoms with Gasteiger partial charge < -0.3 is 9.84 Å². The van der Waals surface area contributed by atoms with Crippen LogP contribution in [0.1, 0.15) is 76.3 Å². The van der Waals surface area contributed by atoms with Gasteiger partial charge in [-0.25, -0.2) is 0 Å². The summed E-state index contributed by atoms with van der Waals surface area (Å²) in [4.78, 5) is 0. The summed E-state index contributed by atoms with van der Waals surface area (Å²) in [6.07, 6.45) is 1.64. The first kappa shape index (κ1) is 21.1. The average Bonchev–Trinajstić information content (AvgIpc) is 2.74. The molecular formula is C26H36O2. The van der Waals surface area contributed by atoms with Gasteiger partial charge in [-0.3, -0.25) is 0 Å². The molecule has 1 fully saturated rings. The number of hydrogen-bond acceptors (Lipinski definition) is 2. The fourth-order valence-electron chi connectivity index (χ4n) is 4.95. The van der Waals surface area contributed by atoms with Gasteiger partial charge in [0.15, 0.2) is 0 Å². The van der Waals surface area contributed by atoms with Crippen molar-refractivity contribution in [2.75, 3.05) is 0 Å². The van der Waals surface area contributed by atoms with Gasteiger partial charge in [0.05, 0.1) is 11.7 Å². The number of rotatable bonds is 5. The van der Waals surface area contributed by atoms with E-state index in [0.717, 1.165) is 24.0 Å². The molecule has 152 valence electrons. The number of aliphatic hydroxyl groups is 1. The van der Waals surface area contributed by atoms with Gasteiger partial charge in [0.2, 0.25) is 0 Å². The minimum Gasteiger partial charge on any atom is -0.384 e. The maximum absolute atomic E-state index is 11.0. The zero-order chi connectivity index (χ0) is 20.5. The van der Waals surface area contributed by atoms with Gasteiger partial charge >= 0.3 is 0 Å². The van der Waals surface area contributed by atoms with Crippen LogP contribution in [0.15, 0.2) is 48.5 Å². The molecule has 1 heterocycles. The van der Waals surface area contributed by atoms with Crippen molar-refractivity contribution in [2.45, 2.75) is 72.2 Å². The molecule has 0 spiro atoms. The first-order valence-electron chi connectivity index (χ1n) is 10.9. The van der Waals surface area contributed by atoms with Crippen molar-refractivity contribution < 1.29 is 9.84 Å². The van der Waals surface area contributed by atoms with E-state index in [-0.39, 0.29) is 11.7 Å². The van der Waals surface area contributed by atoms with Crippen LogP contribution in [0.4, 0.5) is 0 Å². The van der Waals surface area contributed by atoms with Gasteiger partial charge in [0.1, 0.15) is 6.10 Å². The molecule has 6 atom stereocenters. The highest BCUT2D eigenvalue weighted by atomic mass is 16.5. The van der Waals surface area contributed by atoms with Crippen LogP contribution in [0.2, 0.25) is 0 Å². The fraction of sp³-hybridized carbons (Fsp3) is 0.538. The van der Waals surface area contributed by atoms with E-state index in [9.17, 15) is 5.11 Å². The Kier molecular flexibility index (Phi) is 6.31. The van der Waals surface area contributed by atoms with Crippen LogP contribution in [0.25, 0.3) is 0 Å². The minimum atomic E-state index is -0.619. The highest BCUT2D eigenvalue weighted by Gasteiger charge is 2.47. The maximum Gasteiger partial charge on any atom is 0.104 e. The van der Waals surface area contributed by atoms with Crippen molar-refractivity contribution in [3.63, 3.8) is 0 Å². The first-order chi connectivity index (χ1) is 13.3. The van der Waals surface area contributed by atoms with E-state index >= 15 is 0 Å². The van der Waals surface area contributed by atoms with Gasteiger partial charge in [-0.2, -0.15) is 0 Å². The third-order valence-electron chi connectivity index (χ3n) is 7.35. The van der Waals surface area contributed by atoms with Crippen LogP contribution in [0.5, 0.6) is 0 Å². The molecule has 1 N–H and O–H groups in total. The first-order valence-corrected chi connectivity index (χ1v) is 10.9. The lowest BCUT2D eigenvalue weighted by molar-refractivity contribution is -0.199. The number of ether oxygens (including phenoxy) is 1. The van der Waals surface area contributed by atoms with Crippen LogP contribution in [-0.4, -0.2) is 11.2 Å². The number of benzene rings is 2. The standard InChI is InChI=1S/C26H36O2/c1-7-20-14-15-22(25(27)21-12-10-9-11-13-21)16-23(20)26(6)19(5)17(3)18(4)24(8-2)28-26/h9-19,24-25,27H,7-8H2,1-6H3. The second-order valence-corrected chi connectivity index (χ2v) is 8.76. The molecule has 6 unspecified atom stereocenters. The highest BCUT2D eigenvalue weighted by Crippen LogP contribution is 2.49. The number of aliphatic hydroxyl groups excluding tert-OH is 1. The Morgan fingerprint density at radius 2 is 1.64 bits per heavy atom. The summed E-state index contributed by atoms with van der Waals surface area (Å²) >= 11 is 0. The van der Waals surface area contributed by atoms with Crippen molar-refractivity contribution >= 4 is 0 Å². The van der Waals surface area contributed by atoms with E-state index in [0.29, 0.717) is 17.8 Å². The van der Waals surface area contributed by atoms with Gasteiger partial charge in [-0.15, -0.1) is 0 Å². The third kappa shape index (κ3) is 3.65. The molecule has 0 radical (unpaired) electrons. The lowest BCUT2D eigenvalue weighted by Crippen LogP contribution is -2.50. The van der Waals surface area contributed by atoms with Crippen LogP contribution in [0.3, 0.4) is 0 Å². The Morgan fingerprint density at radius 1 is 0.964 bits per heavy atom. The zero-order valence-electron chi connectivity index (χ0n) is 18.3. The topological polar surface area (TPSA) is 29.5 Å². The van der Waals surface area contributed by atoms with Crippen LogP contribution >= 0.6 is 0 Å². The molecule has 1 saturated heterocycles. The Bertz CT molecular complexity index is 782. The lowest BCUT2D eigenvalue weighted by Gasteiger charge is -2.51. The van der Waals surface area contributed by atoms with Gasteiger partial charge in [0, 0.05) is 0 Å². The third-order valence-corrected chi connectivity index (χ3v) is 7.35. The molecule has 28 heavy (non-hydrogen) atoms. The van der Waals surface area contributed by atoms with Crippen molar-refractivity contribution in [2.24, 2.45) is 17.8 Å². The summed E-state index contributed by atoms with van der Waals surface area (Å²) in [6.45, 7) is 13.7. The molecule has 2 aromatic rings. The molecule has 0 bridgehead atoms. The molecule has 3 rings (SSSR count). The maximum atomic E-state index is 11.0. The molecule has 2 aromatic carbocycles. The molecule has 2 nitrogen and oxygen atoms in total. The van der Waals surface area contributed by atoms with E-state index in [4.69, 9.17) is 4.74 Å². The van der Waals surface area contributed by atoms with Crippen molar-refractivity contribution in [3.05, 3.63) is 70.8 Å². The fourth-order valence-corrected chi connectivity index (χ4v) is 4.95. The summed E-state index contributed by atoms with van der Waals surface area (Å²) in [5.41, 5.74) is 4.08. The number of aryl methyl sites for hydroxylation is 1. The van der Waals surface area contributed by atoms with E-state index in [2.05, 4.69) is 59.7 Å². The van der Waals surface area contributed by atoms with Crippen molar-refractivity contribution in [3.8, 4) is 0 Å². The largest absolute Gasteiger partial charge is 0.384 e. The average molecular weight is 381 g/mol. The summed E-state index contributed by atoms with van der Waals surface area (Å²) in [6, 6.07) is 16.3. The SMILES string of the molecule is CCc1ccc(C(O)c2ccccc2)cc1C1(C)OC(CC)C(C)C(C)C1C. The van der Waals surface area contributed by atoms with Crippen LogP contribution in [0, 0.1) is 17.8 Å². The van der Waals surface area contributed by atoms with E-state index in [1.54, 1.807) is 0 Å². The molecule has 0 aromatic heterocycles. The normalized spacial score (nSPS) is 31.5. The van der Waals surface area contributed by atoms with Gasteiger partial charge in [0.25, 0.3) is 0 Å². The predicted molar refractivity (Wildman–Crippen MR) is 116 cm³/mol. The molecule has 0 saturated carbocycles. The van der Waals surface area contributed by atoms with Crippen molar-refractivity contribution in [1.29, 1.82) is 0 Å². The van der Waals surface area contributed by atoms with Gasteiger partial charge in [-0.05, 0) is 65.8 Å². The van der Waals surface area contributed by atoms with E-state index in [1.807, 2.05) is 30.3 Å². The van der Waals surface area contributed by atoms with Crippen LogP contribution < -0.4 is 0 Å². The van der Waals surface area contributed by atoms with Crippen LogP contribution in [-0.2, 0) is 16.8 Å². The highest BCUT2D eigenvalue weighted by molar-refractivity contribution is 5.40. The van der Waals surface area contributed by atoms with Gasteiger partial charge in [-0.1, -0.05) is 77.1 Å². The quantitative estimate of drug-likeness (QED) is 0.663. The predicted octanol–water partition coefficient (Wildman–Crippen LogP) is 6.26. The van der Waals surface area contributed by atoms with Crippen molar-refractivity contribution in [1.82, 2.24) is 0 Å². The monoisotopic (exact) mass is 380 g/mol. The summed E-state index contributed by atoms with van der Waals surface area (Å²) in [7, 11) is 0. The molecular weight excluding hydrogens is 344 g/mol. The molecule has 0 aliphatic carbocycles. The molecule has 0 amide bonds. The number of hydrogen-bond donors (Lipinski definition) is 1. The Hall–Kier alpha value is -1.64. The van der Waals surface area contributed by atoms with E-state index < -0.39 is 6.10 Å². The molecule has 2 heteroatoms. The minimum absolute atomic E-state index is 0.267. The lowest BCUT2D eigenvalue weighted by atomic mass is 9.67. The summed E-state index contributed by atoms with van der Waals surface area (Å²) < 4.78 is 6.81. The van der Waals surface area contributed by atoms with E-state index in [1.165, 1.54) is 11.1 Å². The summed E-state index contributed by atoms with van der Waals surface area (Å²) in [5, 5.41) is 11.0.